The summed E-state index contributed by atoms with van der Waals surface area (Å²) in [5.74, 6) is 0.0675. The van der Waals surface area contributed by atoms with Crippen molar-refractivity contribution in [3.05, 3.63) is 72.2 Å². The van der Waals surface area contributed by atoms with Crippen LogP contribution in [-0.2, 0) is 6.42 Å². The van der Waals surface area contributed by atoms with Gasteiger partial charge in [-0.25, -0.2) is 0 Å². The van der Waals surface area contributed by atoms with E-state index in [1.54, 1.807) is 12.5 Å². The van der Waals surface area contributed by atoms with Crippen LogP contribution in [0.1, 0.15) is 15.9 Å². The molecule has 2 aromatic carbocycles. The number of piperazine rings is 1. The van der Waals surface area contributed by atoms with E-state index in [4.69, 9.17) is 10.2 Å². The van der Waals surface area contributed by atoms with Crippen LogP contribution >= 0.6 is 0 Å². The van der Waals surface area contributed by atoms with Gasteiger partial charge in [0, 0.05) is 55.1 Å². The molecule has 0 bridgehead atoms. The number of carbonyl (C=O) groups is 1. The van der Waals surface area contributed by atoms with Gasteiger partial charge in [-0.15, -0.1) is 0 Å². The van der Waals surface area contributed by atoms with Gasteiger partial charge in [-0.05, 0) is 53.6 Å². The normalized spacial score (nSPS) is 14.3. The van der Waals surface area contributed by atoms with Crippen LogP contribution in [0.2, 0.25) is 0 Å². The fourth-order valence-electron chi connectivity index (χ4n) is 3.42. The molecule has 1 aliphatic rings. The molecule has 27 heavy (non-hydrogen) atoms. The third-order valence-electron chi connectivity index (χ3n) is 5.02. The number of benzene rings is 2. The number of ketones is 1. The lowest BCUT2D eigenvalue weighted by Gasteiger charge is -2.29. The van der Waals surface area contributed by atoms with Gasteiger partial charge in [0.2, 0.25) is 0 Å². The van der Waals surface area contributed by atoms with Crippen LogP contribution in [0.15, 0.2) is 65.5 Å². The van der Waals surface area contributed by atoms with E-state index in [9.17, 15) is 4.79 Å². The van der Waals surface area contributed by atoms with Gasteiger partial charge >= 0.3 is 0 Å². The van der Waals surface area contributed by atoms with Crippen molar-refractivity contribution in [3.63, 3.8) is 0 Å². The first-order valence-corrected chi connectivity index (χ1v) is 9.20. The van der Waals surface area contributed by atoms with E-state index in [1.807, 2.05) is 48.5 Å². The summed E-state index contributed by atoms with van der Waals surface area (Å²) in [5, 5.41) is 3.35. The average Bonchev–Trinajstić information content (AvgIpc) is 3.25. The number of hydrogen-bond acceptors (Lipinski definition) is 5. The predicted molar refractivity (Wildman–Crippen MR) is 108 cm³/mol. The Morgan fingerprint density at radius 3 is 2.52 bits per heavy atom. The fourth-order valence-corrected chi connectivity index (χ4v) is 3.42. The highest BCUT2D eigenvalue weighted by Crippen LogP contribution is 2.25. The second kappa shape index (κ2) is 7.68. The molecule has 5 heteroatoms. The van der Waals surface area contributed by atoms with Crippen LogP contribution < -0.4 is 16.0 Å². The number of rotatable bonds is 5. The van der Waals surface area contributed by atoms with E-state index in [-0.39, 0.29) is 12.2 Å². The summed E-state index contributed by atoms with van der Waals surface area (Å²) in [4.78, 5) is 15.1. The van der Waals surface area contributed by atoms with Gasteiger partial charge in [0.25, 0.3) is 0 Å². The van der Waals surface area contributed by atoms with Crippen LogP contribution in [0.4, 0.5) is 11.4 Å². The largest absolute Gasteiger partial charge is 0.472 e. The van der Waals surface area contributed by atoms with Gasteiger partial charge in [-0.3, -0.25) is 4.79 Å². The Morgan fingerprint density at radius 1 is 1.04 bits per heavy atom. The van der Waals surface area contributed by atoms with Gasteiger partial charge in [0.15, 0.2) is 5.78 Å². The Bertz CT molecular complexity index is 911. The first-order valence-electron chi connectivity index (χ1n) is 9.20. The molecule has 4 rings (SSSR count). The van der Waals surface area contributed by atoms with Crippen LogP contribution in [-0.4, -0.2) is 32.0 Å². The molecular formula is C22H23N3O2. The van der Waals surface area contributed by atoms with Gasteiger partial charge in [-0.2, -0.15) is 0 Å². The minimum absolute atomic E-state index is 0.0675. The predicted octanol–water partition coefficient (Wildman–Crippen LogP) is 3.36. The quantitative estimate of drug-likeness (QED) is 0.539. The van der Waals surface area contributed by atoms with Crippen molar-refractivity contribution in [2.24, 2.45) is 0 Å². The molecule has 0 amide bonds. The highest BCUT2D eigenvalue weighted by atomic mass is 16.3. The second-order valence-electron chi connectivity index (χ2n) is 6.81. The Labute approximate surface area is 158 Å². The summed E-state index contributed by atoms with van der Waals surface area (Å²) < 4.78 is 5.14. The number of nitrogens with one attached hydrogen (secondary N) is 1. The third-order valence-corrected chi connectivity index (χ3v) is 5.02. The monoisotopic (exact) mass is 361 g/mol. The Kier molecular flexibility index (Phi) is 4.94. The number of nitrogens with zero attached hydrogens (tertiary/aromatic N) is 1. The van der Waals surface area contributed by atoms with Crippen molar-refractivity contribution in [1.29, 1.82) is 0 Å². The Hall–Kier alpha value is -3.05. The lowest BCUT2D eigenvalue weighted by Crippen LogP contribution is -2.43. The molecule has 1 aliphatic heterocycles. The topological polar surface area (TPSA) is 71.5 Å². The Balaban J connectivity index is 1.49. The number of carbonyl (C=O) groups excluding carboxylic acids is 1. The molecule has 1 fully saturated rings. The highest BCUT2D eigenvalue weighted by molar-refractivity contribution is 5.98. The first-order chi connectivity index (χ1) is 13.2. The summed E-state index contributed by atoms with van der Waals surface area (Å²) in [6.45, 7) is 3.97. The lowest BCUT2D eigenvalue weighted by atomic mass is 9.98. The number of nitrogen functional groups attached to an aromatic ring is 1. The van der Waals surface area contributed by atoms with Crippen LogP contribution in [0.5, 0.6) is 0 Å². The standard InChI is InChI=1S/C22H23N3O2/c23-21-6-3-17(18-7-12-27-15-18)13-19(21)14-22(26)16-1-4-20(5-2-16)25-10-8-24-9-11-25/h1-7,12-13,15,24H,8-11,14,23H2. The molecule has 0 atom stereocenters. The number of Topliss-reactive ketones (excluding diaryl/α,β-unsaturated/α-hetero) is 1. The molecule has 3 N–H and O–H groups in total. The maximum atomic E-state index is 12.8. The van der Waals surface area contributed by atoms with E-state index in [0.717, 1.165) is 48.6 Å². The molecule has 1 saturated heterocycles. The Morgan fingerprint density at radius 2 is 1.81 bits per heavy atom. The van der Waals surface area contributed by atoms with E-state index in [1.165, 1.54) is 0 Å². The molecule has 0 aliphatic carbocycles. The molecule has 5 nitrogen and oxygen atoms in total. The zero-order valence-corrected chi connectivity index (χ0v) is 15.2. The summed E-state index contributed by atoms with van der Waals surface area (Å²) in [6.07, 6.45) is 3.60. The average molecular weight is 361 g/mol. The number of nitrogens with two attached hydrogens (primary N) is 1. The molecular weight excluding hydrogens is 338 g/mol. The maximum absolute atomic E-state index is 12.8. The van der Waals surface area contributed by atoms with Crippen molar-refractivity contribution in [1.82, 2.24) is 5.32 Å². The molecule has 138 valence electrons. The summed E-state index contributed by atoms with van der Waals surface area (Å²) in [7, 11) is 0. The van der Waals surface area contributed by atoms with E-state index >= 15 is 0 Å². The van der Waals surface area contributed by atoms with Crippen molar-refractivity contribution in [2.75, 3.05) is 36.8 Å². The van der Waals surface area contributed by atoms with Crippen LogP contribution in [0, 0.1) is 0 Å². The van der Waals surface area contributed by atoms with Crippen LogP contribution in [0.3, 0.4) is 0 Å². The van der Waals surface area contributed by atoms with Gasteiger partial charge in [0.05, 0.1) is 12.5 Å². The van der Waals surface area contributed by atoms with Gasteiger partial charge in [0.1, 0.15) is 0 Å². The van der Waals surface area contributed by atoms with Crippen molar-refractivity contribution < 1.29 is 9.21 Å². The van der Waals surface area contributed by atoms with Crippen molar-refractivity contribution in [2.45, 2.75) is 6.42 Å². The summed E-state index contributed by atoms with van der Waals surface area (Å²) in [6, 6.07) is 15.5. The van der Waals surface area contributed by atoms with E-state index < -0.39 is 0 Å². The molecule has 0 unspecified atom stereocenters. The maximum Gasteiger partial charge on any atom is 0.167 e. The molecule has 1 aromatic heterocycles. The second-order valence-corrected chi connectivity index (χ2v) is 6.81. The summed E-state index contributed by atoms with van der Waals surface area (Å²) in [5.41, 5.74) is 11.4. The first kappa shape index (κ1) is 17.4. The lowest BCUT2D eigenvalue weighted by molar-refractivity contribution is 0.0993. The van der Waals surface area contributed by atoms with E-state index in [2.05, 4.69) is 10.2 Å². The molecule has 2 heterocycles. The molecule has 0 spiro atoms. The molecule has 0 saturated carbocycles. The number of furan rings is 1. The van der Waals surface area contributed by atoms with Crippen LogP contribution in [0.25, 0.3) is 11.1 Å². The zero-order chi connectivity index (χ0) is 18.6. The van der Waals surface area contributed by atoms with Crippen molar-refractivity contribution in [3.8, 4) is 11.1 Å². The third kappa shape index (κ3) is 3.88. The zero-order valence-electron chi connectivity index (χ0n) is 15.2. The molecule has 3 aromatic rings. The SMILES string of the molecule is Nc1ccc(-c2ccoc2)cc1CC(=O)c1ccc(N2CCNCC2)cc1. The van der Waals surface area contributed by atoms with Crippen molar-refractivity contribution >= 4 is 17.2 Å². The van der Waals surface area contributed by atoms with E-state index in [0.29, 0.717) is 11.3 Å². The van der Waals surface area contributed by atoms with Gasteiger partial charge in [-0.1, -0.05) is 6.07 Å². The van der Waals surface area contributed by atoms with Gasteiger partial charge < -0.3 is 20.4 Å². The smallest absolute Gasteiger partial charge is 0.167 e. The molecule has 0 radical (unpaired) electrons. The summed E-state index contributed by atoms with van der Waals surface area (Å²) >= 11 is 0. The highest BCUT2D eigenvalue weighted by Gasteiger charge is 2.13. The number of hydrogen-bond donors (Lipinski definition) is 2. The minimum atomic E-state index is 0.0675. The minimum Gasteiger partial charge on any atom is -0.472 e. The number of anilines is 2. The fraction of sp³-hybridized carbons (Fsp3) is 0.227.